The summed E-state index contributed by atoms with van der Waals surface area (Å²) in [6.07, 6.45) is 0.812. The van der Waals surface area contributed by atoms with E-state index in [-0.39, 0.29) is 29.8 Å². The van der Waals surface area contributed by atoms with Crippen molar-refractivity contribution >= 4 is 21.6 Å². The summed E-state index contributed by atoms with van der Waals surface area (Å²) in [4.78, 5) is 12.4. The van der Waals surface area contributed by atoms with Crippen molar-refractivity contribution in [2.45, 2.75) is 38.5 Å². The Labute approximate surface area is 165 Å². The van der Waals surface area contributed by atoms with Crippen molar-refractivity contribution in [1.29, 1.82) is 0 Å². The fourth-order valence-electron chi connectivity index (χ4n) is 3.75. The minimum atomic E-state index is -3.89. The zero-order valence-corrected chi connectivity index (χ0v) is 17.1. The highest BCUT2D eigenvalue weighted by Crippen LogP contribution is 2.28. The number of carbonyl (C=O) groups excluding carboxylic acids is 1. The maximum Gasteiger partial charge on any atom is 0.245 e. The molecule has 7 heteroatoms. The molecule has 0 unspecified atom stereocenters. The van der Waals surface area contributed by atoms with Gasteiger partial charge in [-0.3, -0.25) is 4.79 Å². The van der Waals surface area contributed by atoms with E-state index in [9.17, 15) is 17.6 Å². The zero-order chi connectivity index (χ0) is 20.5. The van der Waals surface area contributed by atoms with Crippen LogP contribution in [0, 0.1) is 32.5 Å². The molecular formula is C21H25FN2O3S. The van der Waals surface area contributed by atoms with Crippen molar-refractivity contribution in [3.8, 4) is 0 Å². The van der Waals surface area contributed by atoms with Gasteiger partial charge in [-0.05, 0) is 56.9 Å². The van der Waals surface area contributed by atoms with E-state index < -0.39 is 15.8 Å². The topological polar surface area (TPSA) is 66.5 Å². The molecule has 0 aliphatic carbocycles. The maximum atomic E-state index is 13.9. The standard InChI is InChI=1S/C21H25FN2O3S/c1-14-12-15(2)20(16(3)13-14)23-21(25)17-8-10-24(11-9-17)28(26,27)19-7-5-4-6-18(19)22/h4-7,12-13,17H,8-11H2,1-3H3,(H,23,25). The number of nitrogens with zero attached hydrogens (tertiary/aromatic N) is 1. The Morgan fingerprint density at radius 3 is 2.21 bits per heavy atom. The lowest BCUT2D eigenvalue weighted by molar-refractivity contribution is -0.120. The second kappa shape index (κ2) is 8.01. The molecule has 5 nitrogen and oxygen atoms in total. The SMILES string of the molecule is Cc1cc(C)c(NC(=O)C2CCN(S(=O)(=O)c3ccccc3F)CC2)c(C)c1. The van der Waals surface area contributed by atoms with Gasteiger partial charge in [-0.2, -0.15) is 4.31 Å². The van der Waals surface area contributed by atoms with Gasteiger partial charge in [-0.25, -0.2) is 12.8 Å². The van der Waals surface area contributed by atoms with Gasteiger partial charge in [0, 0.05) is 24.7 Å². The van der Waals surface area contributed by atoms with E-state index in [4.69, 9.17) is 0 Å². The fourth-order valence-corrected chi connectivity index (χ4v) is 5.29. The molecule has 2 aromatic carbocycles. The van der Waals surface area contributed by atoms with Crippen molar-refractivity contribution in [3.05, 3.63) is 58.9 Å². The molecule has 3 rings (SSSR count). The van der Waals surface area contributed by atoms with Crippen LogP contribution in [0.15, 0.2) is 41.3 Å². The Kier molecular flexibility index (Phi) is 5.86. The van der Waals surface area contributed by atoms with Crippen molar-refractivity contribution in [2.24, 2.45) is 5.92 Å². The molecule has 28 heavy (non-hydrogen) atoms. The van der Waals surface area contributed by atoms with E-state index in [0.717, 1.165) is 28.4 Å². The third-order valence-corrected chi connectivity index (χ3v) is 7.14. The number of hydrogen-bond acceptors (Lipinski definition) is 3. The zero-order valence-electron chi connectivity index (χ0n) is 16.3. The summed E-state index contributed by atoms with van der Waals surface area (Å²) in [5, 5.41) is 3.00. The molecule has 2 aromatic rings. The van der Waals surface area contributed by atoms with E-state index in [1.165, 1.54) is 22.5 Å². The number of benzene rings is 2. The van der Waals surface area contributed by atoms with E-state index in [0.29, 0.717) is 12.8 Å². The second-order valence-electron chi connectivity index (χ2n) is 7.37. The van der Waals surface area contributed by atoms with Crippen molar-refractivity contribution in [3.63, 3.8) is 0 Å². The first kappa shape index (κ1) is 20.5. The molecule has 1 N–H and O–H groups in total. The number of anilines is 1. The first-order valence-corrected chi connectivity index (χ1v) is 10.8. The van der Waals surface area contributed by atoms with Crippen LogP contribution in [0.4, 0.5) is 10.1 Å². The monoisotopic (exact) mass is 404 g/mol. The van der Waals surface area contributed by atoms with Crippen LogP contribution >= 0.6 is 0 Å². The molecule has 0 bridgehead atoms. The summed E-state index contributed by atoms with van der Waals surface area (Å²) in [5.41, 5.74) is 3.97. The van der Waals surface area contributed by atoms with Crippen LogP contribution in [0.1, 0.15) is 29.5 Å². The number of piperidine rings is 1. The van der Waals surface area contributed by atoms with Gasteiger partial charge in [0.25, 0.3) is 0 Å². The smallest absolute Gasteiger partial charge is 0.245 e. The van der Waals surface area contributed by atoms with Gasteiger partial charge in [0.1, 0.15) is 10.7 Å². The number of halogens is 1. The number of aryl methyl sites for hydroxylation is 3. The number of hydrogen-bond donors (Lipinski definition) is 1. The molecule has 1 fully saturated rings. The van der Waals surface area contributed by atoms with Crippen LogP contribution in [0.2, 0.25) is 0 Å². The van der Waals surface area contributed by atoms with Gasteiger partial charge in [0.05, 0.1) is 0 Å². The Hall–Kier alpha value is -2.25. The van der Waals surface area contributed by atoms with Crippen LogP contribution in [-0.4, -0.2) is 31.7 Å². The molecule has 0 aromatic heterocycles. The molecule has 150 valence electrons. The molecule has 1 heterocycles. The lowest BCUT2D eigenvalue weighted by Gasteiger charge is -2.30. The molecule has 1 saturated heterocycles. The third-order valence-electron chi connectivity index (χ3n) is 5.20. The Balaban J connectivity index is 1.67. The first-order valence-electron chi connectivity index (χ1n) is 9.33. The number of rotatable bonds is 4. The van der Waals surface area contributed by atoms with Gasteiger partial charge in [0.2, 0.25) is 15.9 Å². The minimum absolute atomic E-state index is 0.0991. The summed E-state index contributed by atoms with van der Waals surface area (Å²) in [6.45, 7) is 6.32. The Bertz CT molecular complexity index is 973. The highest BCUT2D eigenvalue weighted by molar-refractivity contribution is 7.89. The summed E-state index contributed by atoms with van der Waals surface area (Å²) in [6, 6.07) is 9.41. The van der Waals surface area contributed by atoms with Crippen LogP contribution < -0.4 is 5.32 Å². The first-order chi connectivity index (χ1) is 13.2. The number of amides is 1. The van der Waals surface area contributed by atoms with Gasteiger partial charge in [-0.15, -0.1) is 0 Å². The average molecular weight is 405 g/mol. The van der Waals surface area contributed by atoms with E-state index in [1.54, 1.807) is 0 Å². The third kappa shape index (κ3) is 4.10. The van der Waals surface area contributed by atoms with E-state index in [2.05, 4.69) is 5.32 Å². The van der Waals surface area contributed by atoms with Crippen molar-refractivity contribution in [2.75, 3.05) is 18.4 Å². The highest BCUT2D eigenvalue weighted by Gasteiger charge is 2.33. The Morgan fingerprint density at radius 1 is 1.07 bits per heavy atom. The van der Waals surface area contributed by atoms with Crippen molar-refractivity contribution < 1.29 is 17.6 Å². The predicted octanol–water partition coefficient (Wildman–Crippen LogP) is 3.79. The average Bonchev–Trinajstić information content (AvgIpc) is 2.64. The van der Waals surface area contributed by atoms with Gasteiger partial charge >= 0.3 is 0 Å². The normalized spacial score (nSPS) is 16.1. The second-order valence-corrected chi connectivity index (χ2v) is 9.28. The molecule has 1 amide bonds. The van der Waals surface area contributed by atoms with E-state index in [1.807, 2.05) is 32.9 Å². The quantitative estimate of drug-likeness (QED) is 0.843. The molecule has 1 aliphatic heterocycles. The largest absolute Gasteiger partial charge is 0.325 e. The Morgan fingerprint density at radius 2 is 1.64 bits per heavy atom. The van der Waals surface area contributed by atoms with Crippen LogP contribution in [-0.2, 0) is 14.8 Å². The van der Waals surface area contributed by atoms with Gasteiger partial charge in [0.15, 0.2) is 0 Å². The molecular weight excluding hydrogens is 379 g/mol. The molecule has 0 saturated carbocycles. The highest BCUT2D eigenvalue weighted by atomic mass is 32.2. The summed E-state index contributed by atoms with van der Waals surface area (Å²) in [5.74, 6) is -1.13. The summed E-state index contributed by atoms with van der Waals surface area (Å²) < 4.78 is 40.5. The van der Waals surface area contributed by atoms with Crippen LogP contribution in [0.5, 0.6) is 0 Å². The van der Waals surface area contributed by atoms with Gasteiger partial charge in [-0.1, -0.05) is 29.8 Å². The summed E-state index contributed by atoms with van der Waals surface area (Å²) in [7, 11) is -3.89. The minimum Gasteiger partial charge on any atom is -0.325 e. The molecule has 0 radical (unpaired) electrons. The van der Waals surface area contributed by atoms with E-state index >= 15 is 0 Å². The lowest BCUT2D eigenvalue weighted by Crippen LogP contribution is -2.41. The maximum absolute atomic E-state index is 13.9. The van der Waals surface area contributed by atoms with Crippen LogP contribution in [0.25, 0.3) is 0 Å². The predicted molar refractivity (Wildman–Crippen MR) is 107 cm³/mol. The van der Waals surface area contributed by atoms with Gasteiger partial charge < -0.3 is 5.32 Å². The molecule has 1 aliphatic rings. The van der Waals surface area contributed by atoms with Crippen molar-refractivity contribution in [1.82, 2.24) is 4.31 Å². The lowest BCUT2D eigenvalue weighted by atomic mass is 9.96. The number of sulfonamides is 1. The fraction of sp³-hybridized carbons (Fsp3) is 0.381. The number of nitrogens with one attached hydrogen (secondary N) is 1. The summed E-state index contributed by atoms with van der Waals surface area (Å²) >= 11 is 0. The molecule has 0 atom stereocenters. The molecule has 0 spiro atoms. The number of carbonyl (C=O) groups is 1. The van der Waals surface area contributed by atoms with Crippen LogP contribution in [0.3, 0.4) is 0 Å².